The van der Waals surface area contributed by atoms with Crippen LogP contribution in [-0.2, 0) is 0 Å². The first-order chi connectivity index (χ1) is 9.63. The molecule has 0 saturated heterocycles. The predicted octanol–water partition coefficient (Wildman–Crippen LogP) is 3.79. The third-order valence-electron chi connectivity index (χ3n) is 2.58. The van der Waals surface area contributed by atoms with E-state index in [-0.39, 0.29) is 10.7 Å². The molecule has 3 rings (SSSR count). The number of carboxylic acid groups (broad SMARTS) is 1. The van der Waals surface area contributed by atoms with Gasteiger partial charge in [0.2, 0.25) is 0 Å². The Bertz CT molecular complexity index is 770. The summed E-state index contributed by atoms with van der Waals surface area (Å²) >= 11 is 7.24. The van der Waals surface area contributed by atoms with Gasteiger partial charge in [-0.05, 0) is 24.3 Å². The lowest BCUT2D eigenvalue weighted by atomic mass is 10.3. The number of carbonyl (C=O) groups is 1. The van der Waals surface area contributed by atoms with Crippen LogP contribution in [0.3, 0.4) is 0 Å². The summed E-state index contributed by atoms with van der Waals surface area (Å²) in [6, 6.07) is 10.8. The molecule has 100 valence electrons. The van der Waals surface area contributed by atoms with E-state index in [4.69, 9.17) is 16.7 Å². The number of aromatic carboxylic acids is 1. The van der Waals surface area contributed by atoms with Crippen LogP contribution in [0.5, 0.6) is 0 Å². The number of aromatic nitrogens is 2. The highest BCUT2D eigenvalue weighted by molar-refractivity contribution is 7.22. The summed E-state index contributed by atoms with van der Waals surface area (Å²) in [5, 5.41) is 12.7. The Morgan fingerprint density at radius 3 is 2.75 bits per heavy atom. The molecule has 0 amide bonds. The molecule has 0 atom stereocenters. The largest absolute Gasteiger partial charge is 0.476 e. The Kier molecular flexibility index (Phi) is 3.25. The molecule has 0 aliphatic rings. The molecular weight excluding hydrogens is 298 g/mol. The van der Waals surface area contributed by atoms with Gasteiger partial charge >= 0.3 is 5.97 Å². The van der Waals surface area contributed by atoms with Crippen LogP contribution in [0.1, 0.15) is 10.5 Å². The average molecular weight is 306 g/mol. The summed E-state index contributed by atoms with van der Waals surface area (Å²) in [7, 11) is 0. The number of nitrogens with one attached hydrogen (secondary N) is 1. The zero-order chi connectivity index (χ0) is 14.1. The molecule has 2 heterocycles. The highest BCUT2D eigenvalue weighted by Crippen LogP contribution is 2.28. The van der Waals surface area contributed by atoms with Gasteiger partial charge in [-0.15, -0.1) is 0 Å². The van der Waals surface area contributed by atoms with Gasteiger partial charge in [0.05, 0.1) is 15.2 Å². The van der Waals surface area contributed by atoms with Gasteiger partial charge in [0.15, 0.2) is 10.8 Å². The Balaban J connectivity index is 1.94. The predicted molar refractivity (Wildman–Crippen MR) is 79.1 cm³/mol. The Hall–Kier alpha value is -2.18. The lowest BCUT2D eigenvalue weighted by Crippen LogP contribution is -2.03. The zero-order valence-corrected chi connectivity index (χ0v) is 11.6. The molecule has 5 nitrogen and oxygen atoms in total. The van der Waals surface area contributed by atoms with E-state index in [9.17, 15) is 4.79 Å². The van der Waals surface area contributed by atoms with Gasteiger partial charge in [0.1, 0.15) is 5.82 Å². The molecule has 2 N–H and O–H groups in total. The summed E-state index contributed by atoms with van der Waals surface area (Å²) in [6.45, 7) is 0. The van der Waals surface area contributed by atoms with E-state index in [0.717, 1.165) is 10.2 Å². The fourth-order valence-corrected chi connectivity index (χ4v) is 2.76. The molecule has 0 saturated carbocycles. The molecule has 1 aromatic carbocycles. The number of para-hydroxylation sites is 1. The number of pyridine rings is 1. The number of rotatable bonds is 3. The second kappa shape index (κ2) is 5.07. The van der Waals surface area contributed by atoms with E-state index >= 15 is 0 Å². The van der Waals surface area contributed by atoms with Gasteiger partial charge in [0, 0.05) is 0 Å². The topological polar surface area (TPSA) is 75.1 Å². The van der Waals surface area contributed by atoms with Crippen LogP contribution >= 0.6 is 22.9 Å². The van der Waals surface area contributed by atoms with E-state index in [1.54, 1.807) is 6.07 Å². The molecule has 0 fully saturated rings. The second-order valence-corrected chi connectivity index (χ2v) is 5.38. The van der Waals surface area contributed by atoms with Crippen molar-refractivity contribution in [2.75, 3.05) is 5.32 Å². The van der Waals surface area contributed by atoms with Crippen LogP contribution in [-0.4, -0.2) is 21.0 Å². The molecule has 0 unspecified atom stereocenters. The lowest BCUT2D eigenvalue weighted by Gasteiger charge is -2.03. The fraction of sp³-hybridized carbons (Fsp3) is 0. The van der Waals surface area contributed by atoms with Crippen molar-refractivity contribution in [1.29, 1.82) is 0 Å². The molecule has 0 aliphatic carbocycles. The van der Waals surface area contributed by atoms with E-state index in [1.165, 1.54) is 17.4 Å². The maximum absolute atomic E-state index is 11.0. The third-order valence-corrected chi connectivity index (χ3v) is 3.83. The van der Waals surface area contributed by atoms with Crippen molar-refractivity contribution in [3.05, 3.63) is 47.1 Å². The van der Waals surface area contributed by atoms with Crippen molar-refractivity contribution in [3.8, 4) is 0 Å². The van der Waals surface area contributed by atoms with E-state index in [0.29, 0.717) is 10.9 Å². The molecule has 0 bridgehead atoms. The summed E-state index contributed by atoms with van der Waals surface area (Å²) in [5.74, 6) is -0.770. The molecule has 0 aliphatic heterocycles. The van der Waals surface area contributed by atoms with Gasteiger partial charge < -0.3 is 10.4 Å². The van der Waals surface area contributed by atoms with E-state index in [2.05, 4.69) is 15.3 Å². The first-order valence-electron chi connectivity index (χ1n) is 5.66. The first-order valence-corrected chi connectivity index (χ1v) is 6.85. The van der Waals surface area contributed by atoms with Gasteiger partial charge in [0.25, 0.3) is 0 Å². The normalized spacial score (nSPS) is 10.7. The van der Waals surface area contributed by atoms with Crippen LogP contribution in [0.4, 0.5) is 10.9 Å². The van der Waals surface area contributed by atoms with Crippen molar-refractivity contribution in [2.24, 2.45) is 0 Å². The number of thiazole rings is 1. The number of halogens is 1. The number of carboxylic acids is 1. The van der Waals surface area contributed by atoms with Gasteiger partial charge in [-0.1, -0.05) is 35.1 Å². The maximum atomic E-state index is 11.0. The number of hydrogen-bond donors (Lipinski definition) is 2. The van der Waals surface area contributed by atoms with Crippen LogP contribution in [0.25, 0.3) is 10.2 Å². The minimum Gasteiger partial charge on any atom is -0.476 e. The summed E-state index contributed by atoms with van der Waals surface area (Å²) in [5.41, 5.74) is 0.699. The summed E-state index contributed by atoms with van der Waals surface area (Å²) < 4.78 is 1.04. The SMILES string of the molecule is O=C(O)c1nc(Nc2nc3ccccc3s2)ccc1Cl. The number of hydrogen-bond acceptors (Lipinski definition) is 5. The Morgan fingerprint density at radius 1 is 1.20 bits per heavy atom. The molecule has 20 heavy (non-hydrogen) atoms. The van der Waals surface area contributed by atoms with E-state index in [1.807, 2.05) is 24.3 Å². The van der Waals surface area contributed by atoms with Crippen molar-refractivity contribution < 1.29 is 9.90 Å². The monoisotopic (exact) mass is 305 g/mol. The average Bonchev–Trinajstić information content (AvgIpc) is 2.82. The number of nitrogens with zero attached hydrogens (tertiary/aromatic N) is 2. The van der Waals surface area contributed by atoms with Crippen LogP contribution in [0, 0.1) is 0 Å². The summed E-state index contributed by atoms with van der Waals surface area (Å²) in [4.78, 5) is 19.3. The smallest absolute Gasteiger partial charge is 0.356 e. The fourth-order valence-electron chi connectivity index (χ4n) is 1.70. The molecule has 0 spiro atoms. The van der Waals surface area contributed by atoms with Gasteiger partial charge in [-0.25, -0.2) is 14.8 Å². The Morgan fingerprint density at radius 2 is 2.00 bits per heavy atom. The minimum absolute atomic E-state index is 0.104. The molecule has 3 aromatic rings. The molecule has 2 aromatic heterocycles. The third kappa shape index (κ3) is 2.43. The van der Waals surface area contributed by atoms with Crippen LogP contribution < -0.4 is 5.32 Å². The second-order valence-electron chi connectivity index (χ2n) is 3.94. The number of anilines is 2. The minimum atomic E-state index is -1.16. The van der Waals surface area contributed by atoms with Crippen molar-refractivity contribution in [2.45, 2.75) is 0 Å². The van der Waals surface area contributed by atoms with Gasteiger partial charge in [-0.2, -0.15) is 0 Å². The van der Waals surface area contributed by atoms with Gasteiger partial charge in [-0.3, -0.25) is 0 Å². The standard InChI is InChI=1S/C13H8ClN3O2S/c14-7-5-6-10(16-11(7)12(18)19)17-13-15-8-3-1-2-4-9(8)20-13/h1-6H,(H,18,19)(H,15,16,17). The highest BCUT2D eigenvalue weighted by atomic mass is 35.5. The quantitative estimate of drug-likeness (QED) is 0.770. The molecule has 7 heteroatoms. The first kappa shape index (κ1) is 12.8. The Labute approximate surface area is 122 Å². The highest BCUT2D eigenvalue weighted by Gasteiger charge is 2.12. The van der Waals surface area contributed by atoms with E-state index < -0.39 is 5.97 Å². The van der Waals surface area contributed by atoms with Crippen LogP contribution in [0.2, 0.25) is 5.02 Å². The molecule has 0 radical (unpaired) electrons. The van der Waals surface area contributed by atoms with Crippen molar-refractivity contribution in [3.63, 3.8) is 0 Å². The van der Waals surface area contributed by atoms with Crippen LogP contribution in [0.15, 0.2) is 36.4 Å². The lowest BCUT2D eigenvalue weighted by molar-refractivity contribution is 0.0691. The molecular formula is C13H8ClN3O2S. The van der Waals surface area contributed by atoms with Crippen molar-refractivity contribution >= 4 is 50.1 Å². The maximum Gasteiger partial charge on any atom is 0.356 e. The number of fused-ring (bicyclic) bond motifs is 1. The number of benzene rings is 1. The van der Waals surface area contributed by atoms with Crippen molar-refractivity contribution in [1.82, 2.24) is 9.97 Å². The zero-order valence-electron chi connectivity index (χ0n) is 10.0. The summed E-state index contributed by atoms with van der Waals surface area (Å²) in [6.07, 6.45) is 0.